The van der Waals surface area contributed by atoms with Crippen LogP contribution in [0.4, 0.5) is 8.78 Å². The molecule has 2 aromatic rings. The Morgan fingerprint density at radius 2 is 2.16 bits per heavy atom. The van der Waals surface area contributed by atoms with Gasteiger partial charge in [-0.2, -0.15) is 5.10 Å². The Labute approximate surface area is 182 Å². The van der Waals surface area contributed by atoms with Gasteiger partial charge in [-0.15, -0.1) is 0 Å². The predicted molar refractivity (Wildman–Crippen MR) is 115 cm³/mol. The number of para-hydroxylation sites is 1. The first-order chi connectivity index (χ1) is 15.1. The first-order valence-electron chi connectivity index (χ1n) is 10.0. The quantitative estimate of drug-likeness (QED) is 0.698. The lowest BCUT2D eigenvalue weighted by atomic mass is 9.98. The molecule has 5 rings (SSSR count). The molecule has 0 saturated carbocycles. The standard InChI is InChI=1S/C23H19F2N3O2S/c24-16-7-8-19(25)17(13-16)22-27-28(21(29)12-15-4-3-10-26-14-15)23(31-22)9-11-30-20-6-2-1-5-18(20)23/h1-6,8,10,13-14,16H,7,9,11-12H2. The van der Waals surface area contributed by atoms with Crippen LogP contribution in [0.3, 0.4) is 0 Å². The van der Waals surface area contributed by atoms with Gasteiger partial charge >= 0.3 is 0 Å². The van der Waals surface area contributed by atoms with Crippen LogP contribution >= 0.6 is 11.8 Å². The van der Waals surface area contributed by atoms with Crippen LogP contribution in [0.5, 0.6) is 5.75 Å². The van der Waals surface area contributed by atoms with Crippen LogP contribution in [0, 0.1) is 0 Å². The maximum absolute atomic E-state index is 14.6. The van der Waals surface area contributed by atoms with Gasteiger partial charge in [0.1, 0.15) is 27.7 Å². The fourth-order valence-corrected chi connectivity index (χ4v) is 5.43. The van der Waals surface area contributed by atoms with Crippen molar-refractivity contribution in [3.05, 3.63) is 83.5 Å². The fourth-order valence-electron chi connectivity index (χ4n) is 4.02. The van der Waals surface area contributed by atoms with Gasteiger partial charge in [-0.3, -0.25) is 9.78 Å². The molecule has 0 N–H and O–H groups in total. The lowest BCUT2D eigenvalue weighted by Crippen LogP contribution is -2.45. The van der Waals surface area contributed by atoms with Crippen molar-refractivity contribution in [2.24, 2.45) is 5.10 Å². The zero-order valence-electron chi connectivity index (χ0n) is 16.5. The molecule has 1 spiro atoms. The third-order valence-corrected chi connectivity index (χ3v) is 6.91. The summed E-state index contributed by atoms with van der Waals surface area (Å²) in [5.74, 6) is -0.101. The highest BCUT2D eigenvalue weighted by Gasteiger charge is 2.52. The Kier molecular flexibility index (Phi) is 5.09. The fraction of sp³-hybridized carbons (Fsp3) is 0.261. The van der Waals surface area contributed by atoms with Crippen LogP contribution in [0.2, 0.25) is 0 Å². The van der Waals surface area contributed by atoms with E-state index in [4.69, 9.17) is 4.74 Å². The molecule has 3 heterocycles. The van der Waals surface area contributed by atoms with E-state index < -0.39 is 16.9 Å². The third-order valence-electron chi connectivity index (χ3n) is 5.48. The Morgan fingerprint density at radius 3 is 3.00 bits per heavy atom. The molecule has 3 aliphatic rings. The lowest BCUT2D eigenvalue weighted by molar-refractivity contribution is -0.134. The minimum atomic E-state index is -1.28. The van der Waals surface area contributed by atoms with E-state index in [0.717, 1.165) is 11.1 Å². The van der Waals surface area contributed by atoms with Crippen LogP contribution < -0.4 is 4.74 Å². The molecule has 0 fully saturated rings. The Balaban J connectivity index is 1.58. The first-order valence-corrected chi connectivity index (χ1v) is 10.8. The zero-order valence-corrected chi connectivity index (χ0v) is 17.3. The number of thioether (sulfide) groups is 1. The van der Waals surface area contributed by atoms with Crippen molar-refractivity contribution in [1.82, 2.24) is 9.99 Å². The number of benzene rings is 1. The van der Waals surface area contributed by atoms with Crippen molar-refractivity contribution in [2.45, 2.75) is 30.3 Å². The predicted octanol–water partition coefficient (Wildman–Crippen LogP) is 4.67. The average molecular weight is 439 g/mol. The number of alkyl halides is 1. The second-order valence-electron chi connectivity index (χ2n) is 7.51. The lowest BCUT2D eigenvalue weighted by Gasteiger charge is -2.39. The number of nitrogens with zero attached hydrogens (tertiary/aromatic N) is 3. The largest absolute Gasteiger partial charge is 0.493 e. The molecule has 31 heavy (non-hydrogen) atoms. The van der Waals surface area contributed by atoms with E-state index in [1.54, 1.807) is 18.5 Å². The van der Waals surface area contributed by atoms with E-state index in [1.165, 1.54) is 28.9 Å². The number of carbonyl (C=O) groups is 1. The van der Waals surface area contributed by atoms with E-state index in [-0.39, 0.29) is 24.3 Å². The van der Waals surface area contributed by atoms with E-state index in [9.17, 15) is 13.6 Å². The summed E-state index contributed by atoms with van der Waals surface area (Å²) in [6.45, 7) is 0.382. The van der Waals surface area contributed by atoms with Crippen molar-refractivity contribution in [2.75, 3.05) is 6.61 Å². The number of ether oxygens (including phenoxy) is 1. The summed E-state index contributed by atoms with van der Waals surface area (Å²) in [6.07, 6.45) is 5.04. The number of carbonyl (C=O) groups excluding carboxylic acids is 1. The summed E-state index contributed by atoms with van der Waals surface area (Å²) in [7, 11) is 0. The molecular formula is C23H19F2N3O2S. The SMILES string of the molecule is O=C(Cc1cccnc1)N1N=C(C2=CC(F)CC=C2F)SC12CCOc1ccccc12. The van der Waals surface area contributed by atoms with Gasteiger partial charge in [0, 0.05) is 36.4 Å². The summed E-state index contributed by atoms with van der Waals surface area (Å²) in [5, 5.41) is 6.27. The number of aromatic nitrogens is 1. The van der Waals surface area contributed by atoms with Crippen LogP contribution in [-0.4, -0.2) is 33.7 Å². The smallest absolute Gasteiger partial charge is 0.248 e. The molecule has 0 saturated heterocycles. The van der Waals surface area contributed by atoms with E-state index in [1.807, 2.05) is 30.3 Å². The topological polar surface area (TPSA) is 54.8 Å². The van der Waals surface area contributed by atoms with E-state index in [0.29, 0.717) is 23.8 Å². The molecule has 158 valence electrons. The normalized spacial score (nSPS) is 24.8. The molecule has 2 atom stereocenters. The number of hydrazone groups is 1. The maximum atomic E-state index is 14.6. The van der Waals surface area contributed by atoms with Gasteiger partial charge in [0.2, 0.25) is 5.91 Å². The van der Waals surface area contributed by atoms with Gasteiger partial charge in [0.15, 0.2) is 0 Å². The summed E-state index contributed by atoms with van der Waals surface area (Å²) in [4.78, 5) is 16.6. The van der Waals surface area contributed by atoms with Gasteiger partial charge in [0.05, 0.1) is 13.0 Å². The molecule has 5 nitrogen and oxygen atoms in total. The van der Waals surface area contributed by atoms with Crippen LogP contribution in [0.25, 0.3) is 0 Å². The number of allylic oxidation sites excluding steroid dienone is 3. The highest BCUT2D eigenvalue weighted by Crippen LogP contribution is 2.55. The molecule has 1 aliphatic carbocycles. The van der Waals surface area contributed by atoms with Crippen molar-refractivity contribution in [1.29, 1.82) is 0 Å². The van der Waals surface area contributed by atoms with Gasteiger partial charge in [-0.25, -0.2) is 13.8 Å². The molecule has 1 aromatic heterocycles. The summed E-state index contributed by atoms with van der Waals surface area (Å²) < 4.78 is 34.4. The summed E-state index contributed by atoms with van der Waals surface area (Å²) in [5.41, 5.74) is 1.65. The number of hydrogen-bond acceptors (Lipinski definition) is 5. The Bertz CT molecular complexity index is 1120. The molecule has 0 radical (unpaired) electrons. The molecule has 1 aromatic carbocycles. The molecule has 1 amide bonds. The minimum Gasteiger partial charge on any atom is -0.493 e. The van der Waals surface area contributed by atoms with Crippen molar-refractivity contribution in [3.8, 4) is 5.75 Å². The first kappa shape index (κ1) is 19.9. The van der Waals surface area contributed by atoms with Crippen LogP contribution in [0.1, 0.15) is 24.0 Å². The highest BCUT2D eigenvalue weighted by atomic mass is 32.2. The van der Waals surface area contributed by atoms with Crippen molar-refractivity contribution in [3.63, 3.8) is 0 Å². The van der Waals surface area contributed by atoms with Gasteiger partial charge in [0.25, 0.3) is 0 Å². The zero-order chi connectivity index (χ0) is 21.4. The minimum absolute atomic E-state index is 0.00124. The average Bonchev–Trinajstić information content (AvgIpc) is 3.16. The summed E-state index contributed by atoms with van der Waals surface area (Å²) >= 11 is 1.28. The van der Waals surface area contributed by atoms with E-state index >= 15 is 0 Å². The number of rotatable bonds is 3. The Morgan fingerprint density at radius 1 is 1.29 bits per heavy atom. The maximum Gasteiger partial charge on any atom is 0.248 e. The van der Waals surface area contributed by atoms with E-state index in [2.05, 4.69) is 10.1 Å². The third kappa shape index (κ3) is 3.54. The molecular weight excluding hydrogens is 420 g/mol. The molecule has 0 bridgehead atoms. The second-order valence-corrected chi connectivity index (χ2v) is 8.78. The number of pyridine rings is 1. The number of halogens is 2. The van der Waals surface area contributed by atoms with Gasteiger partial charge < -0.3 is 4.74 Å². The number of fused-ring (bicyclic) bond motifs is 2. The van der Waals surface area contributed by atoms with Crippen LogP contribution in [0.15, 0.2) is 77.4 Å². The van der Waals surface area contributed by atoms with Gasteiger partial charge in [-0.05, 0) is 29.8 Å². The van der Waals surface area contributed by atoms with Gasteiger partial charge in [-0.1, -0.05) is 36.0 Å². The van der Waals surface area contributed by atoms with Crippen molar-refractivity contribution < 1.29 is 18.3 Å². The Hall–Kier alpha value is -3.00. The molecule has 2 unspecified atom stereocenters. The molecule has 2 aliphatic heterocycles. The second kappa shape index (κ2) is 7.92. The summed E-state index contributed by atoms with van der Waals surface area (Å²) in [6, 6.07) is 11.1. The monoisotopic (exact) mass is 439 g/mol. The number of amides is 1. The molecule has 8 heteroatoms. The number of hydrogen-bond donors (Lipinski definition) is 0. The van der Waals surface area contributed by atoms with Crippen LogP contribution in [-0.2, 0) is 16.1 Å². The van der Waals surface area contributed by atoms with Crippen molar-refractivity contribution >= 4 is 22.7 Å². The highest BCUT2D eigenvalue weighted by molar-refractivity contribution is 8.15.